The number of esters is 1. The first-order valence-electron chi connectivity index (χ1n) is 8.41. The van der Waals surface area contributed by atoms with Crippen molar-refractivity contribution in [2.45, 2.75) is 31.2 Å². The molecule has 28 heavy (non-hydrogen) atoms. The monoisotopic (exact) mass is 396 g/mol. The molecular weight excluding hydrogens is 377 g/mol. The van der Waals surface area contributed by atoms with Gasteiger partial charge in [-0.2, -0.15) is 13.2 Å². The predicted molar refractivity (Wildman–Crippen MR) is 94.3 cm³/mol. The molecule has 9 heteroatoms. The Balaban J connectivity index is 1.81. The summed E-state index contributed by atoms with van der Waals surface area (Å²) in [7, 11) is 3.03. The second kappa shape index (κ2) is 7.21. The van der Waals surface area contributed by atoms with Crippen LogP contribution in [0.3, 0.4) is 0 Å². The quantitative estimate of drug-likeness (QED) is 0.777. The Bertz CT molecular complexity index is 870. The van der Waals surface area contributed by atoms with Crippen LogP contribution in [0.5, 0.6) is 11.5 Å². The lowest BCUT2D eigenvalue weighted by molar-refractivity contribution is -0.148. The van der Waals surface area contributed by atoms with Crippen molar-refractivity contribution in [1.29, 1.82) is 0 Å². The molecule has 1 aromatic carbocycles. The molecule has 150 valence electrons. The number of hydrogen-bond donors (Lipinski definition) is 1. The van der Waals surface area contributed by atoms with Gasteiger partial charge in [0.15, 0.2) is 0 Å². The van der Waals surface area contributed by atoms with Crippen molar-refractivity contribution >= 4 is 11.8 Å². The number of methoxy groups -OCH3 is 2. The lowest BCUT2D eigenvalue weighted by Gasteiger charge is -2.25. The fourth-order valence-corrected chi connectivity index (χ4v) is 3.14. The van der Waals surface area contributed by atoms with Gasteiger partial charge in [-0.25, -0.2) is 9.78 Å². The van der Waals surface area contributed by atoms with E-state index in [-0.39, 0.29) is 12.2 Å². The Morgan fingerprint density at radius 3 is 2.54 bits per heavy atom. The van der Waals surface area contributed by atoms with Gasteiger partial charge in [-0.15, -0.1) is 0 Å². The van der Waals surface area contributed by atoms with Gasteiger partial charge in [0.25, 0.3) is 0 Å². The van der Waals surface area contributed by atoms with Crippen LogP contribution in [0.4, 0.5) is 19.0 Å². The number of cyclic esters (lactones) is 1. The maximum atomic E-state index is 12.7. The molecule has 1 saturated heterocycles. The van der Waals surface area contributed by atoms with Gasteiger partial charge in [0.1, 0.15) is 29.0 Å². The Hall–Kier alpha value is -2.97. The number of alkyl halides is 3. The number of benzene rings is 1. The number of pyridine rings is 1. The third-order valence-electron chi connectivity index (χ3n) is 4.59. The highest BCUT2D eigenvalue weighted by Crippen LogP contribution is 2.43. The second-order valence-electron chi connectivity index (χ2n) is 6.55. The molecule has 2 aromatic rings. The molecule has 0 amide bonds. The molecule has 1 aliphatic rings. The van der Waals surface area contributed by atoms with Crippen LogP contribution in [0.15, 0.2) is 36.5 Å². The molecule has 1 aromatic heterocycles. The lowest BCUT2D eigenvalue weighted by atomic mass is 9.90. The van der Waals surface area contributed by atoms with Gasteiger partial charge >= 0.3 is 12.1 Å². The molecule has 1 N–H and O–H groups in total. The minimum atomic E-state index is -4.47. The summed E-state index contributed by atoms with van der Waals surface area (Å²) in [5.74, 6) is 0.726. The van der Waals surface area contributed by atoms with Gasteiger partial charge in [-0.05, 0) is 37.3 Å². The zero-order valence-electron chi connectivity index (χ0n) is 15.5. The summed E-state index contributed by atoms with van der Waals surface area (Å²) in [6.45, 7) is 1.74. The normalized spacial score (nSPS) is 21.9. The SMILES string of the molecule is COc1ccc(OC)c(C2(C)CC(Nc3ccc(C(F)(F)F)cn3)C(=O)O2)c1. The standard InChI is InChI=1S/C19H19F3N2O4/c1-18(13-8-12(26-2)5-6-15(13)27-3)9-14(17(25)28-18)24-16-7-4-11(10-23-16)19(20,21)22/h4-8,10,14H,9H2,1-3H3,(H,23,24). The minimum Gasteiger partial charge on any atom is -0.497 e. The summed E-state index contributed by atoms with van der Waals surface area (Å²) >= 11 is 0. The van der Waals surface area contributed by atoms with Gasteiger partial charge < -0.3 is 19.5 Å². The number of carbonyl (C=O) groups excluding carboxylic acids is 1. The van der Waals surface area contributed by atoms with Gasteiger partial charge in [0.05, 0.1) is 19.8 Å². The Kier molecular flexibility index (Phi) is 5.10. The number of nitrogens with zero attached hydrogens (tertiary/aromatic N) is 1. The molecule has 0 spiro atoms. The Morgan fingerprint density at radius 1 is 1.21 bits per heavy atom. The van der Waals surface area contributed by atoms with Crippen molar-refractivity contribution < 1.29 is 32.2 Å². The first-order valence-corrected chi connectivity index (χ1v) is 8.41. The smallest absolute Gasteiger partial charge is 0.417 e. The molecule has 0 radical (unpaired) electrons. The molecule has 6 nitrogen and oxygen atoms in total. The van der Waals surface area contributed by atoms with Crippen LogP contribution in [-0.4, -0.2) is 31.2 Å². The van der Waals surface area contributed by atoms with Crippen molar-refractivity contribution in [3.05, 3.63) is 47.7 Å². The maximum absolute atomic E-state index is 12.7. The summed E-state index contributed by atoms with van der Waals surface area (Å²) in [5.41, 5.74) is -1.23. The van der Waals surface area contributed by atoms with E-state index in [1.165, 1.54) is 20.3 Å². The summed E-state index contributed by atoms with van der Waals surface area (Å²) in [6.07, 6.45) is -3.52. The van der Waals surface area contributed by atoms with E-state index in [0.717, 1.165) is 6.07 Å². The van der Waals surface area contributed by atoms with Crippen LogP contribution in [0.1, 0.15) is 24.5 Å². The van der Waals surface area contributed by atoms with E-state index in [1.807, 2.05) is 0 Å². The van der Waals surface area contributed by atoms with E-state index in [0.29, 0.717) is 23.3 Å². The van der Waals surface area contributed by atoms with E-state index in [9.17, 15) is 18.0 Å². The van der Waals surface area contributed by atoms with E-state index < -0.39 is 29.4 Å². The number of aromatic nitrogens is 1. The number of ether oxygens (including phenoxy) is 3. The number of hydrogen-bond acceptors (Lipinski definition) is 6. The van der Waals surface area contributed by atoms with Crippen LogP contribution < -0.4 is 14.8 Å². The van der Waals surface area contributed by atoms with Crippen molar-refractivity contribution in [3.63, 3.8) is 0 Å². The maximum Gasteiger partial charge on any atom is 0.417 e. The third kappa shape index (κ3) is 3.83. The molecule has 0 aliphatic carbocycles. The number of carbonyl (C=O) groups is 1. The van der Waals surface area contributed by atoms with Crippen molar-refractivity contribution in [2.75, 3.05) is 19.5 Å². The molecule has 2 atom stereocenters. The number of nitrogens with one attached hydrogen (secondary N) is 1. The van der Waals surface area contributed by atoms with Crippen molar-refractivity contribution in [2.24, 2.45) is 0 Å². The summed E-state index contributed by atoms with van der Waals surface area (Å²) in [6, 6.07) is 6.48. The first-order chi connectivity index (χ1) is 13.2. The average Bonchev–Trinajstić information content (AvgIpc) is 2.95. The van der Waals surface area contributed by atoms with Gasteiger partial charge in [-0.1, -0.05) is 0 Å². The summed E-state index contributed by atoms with van der Waals surface area (Å²) in [4.78, 5) is 16.1. The molecule has 0 bridgehead atoms. The Morgan fingerprint density at radius 2 is 1.96 bits per heavy atom. The zero-order valence-corrected chi connectivity index (χ0v) is 15.5. The molecule has 0 saturated carbocycles. The molecule has 3 rings (SSSR count). The van der Waals surface area contributed by atoms with Crippen molar-refractivity contribution in [3.8, 4) is 11.5 Å². The van der Waals surface area contributed by atoms with Crippen LogP contribution >= 0.6 is 0 Å². The Labute approximate surface area is 159 Å². The molecular formula is C19H19F3N2O4. The summed E-state index contributed by atoms with van der Waals surface area (Å²) in [5, 5.41) is 2.84. The number of halogens is 3. The van der Waals surface area contributed by atoms with Crippen LogP contribution in [0.25, 0.3) is 0 Å². The van der Waals surface area contributed by atoms with Gasteiger partial charge in [0, 0.05) is 18.2 Å². The number of anilines is 1. The third-order valence-corrected chi connectivity index (χ3v) is 4.59. The van der Waals surface area contributed by atoms with Gasteiger partial charge in [0.2, 0.25) is 0 Å². The molecule has 1 aliphatic heterocycles. The van der Waals surface area contributed by atoms with Crippen LogP contribution in [0, 0.1) is 0 Å². The van der Waals surface area contributed by atoms with E-state index >= 15 is 0 Å². The van der Waals surface area contributed by atoms with E-state index in [4.69, 9.17) is 14.2 Å². The minimum absolute atomic E-state index is 0.150. The first kappa shape index (κ1) is 19.8. The lowest BCUT2D eigenvalue weighted by Crippen LogP contribution is -2.25. The van der Waals surface area contributed by atoms with E-state index in [1.54, 1.807) is 25.1 Å². The second-order valence-corrected chi connectivity index (χ2v) is 6.55. The average molecular weight is 396 g/mol. The van der Waals surface area contributed by atoms with Crippen molar-refractivity contribution in [1.82, 2.24) is 4.98 Å². The molecule has 1 fully saturated rings. The largest absolute Gasteiger partial charge is 0.497 e. The van der Waals surface area contributed by atoms with Crippen LogP contribution in [0.2, 0.25) is 0 Å². The summed E-state index contributed by atoms with van der Waals surface area (Å²) < 4.78 is 54.2. The van der Waals surface area contributed by atoms with E-state index in [2.05, 4.69) is 10.3 Å². The van der Waals surface area contributed by atoms with Gasteiger partial charge in [-0.3, -0.25) is 0 Å². The molecule has 2 unspecified atom stereocenters. The predicted octanol–water partition coefficient (Wildman–Crippen LogP) is 3.76. The number of rotatable bonds is 5. The highest BCUT2D eigenvalue weighted by Gasteiger charge is 2.46. The fraction of sp³-hybridized carbons (Fsp3) is 0.368. The fourth-order valence-electron chi connectivity index (χ4n) is 3.14. The zero-order chi connectivity index (χ0) is 20.5. The highest BCUT2D eigenvalue weighted by molar-refractivity contribution is 5.82. The molecule has 2 heterocycles. The topological polar surface area (TPSA) is 69.7 Å². The van der Waals surface area contributed by atoms with Crippen LogP contribution in [-0.2, 0) is 21.3 Å². The highest BCUT2D eigenvalue weighted by atomic mass is 19.4.